The van der Waals surface area contributed by atoms with Crippen molar-refractivity contribution >= 4 is 27.1 Å². The number of anilines is 2. The first kappa shape index (κ1) is 23.0. The third-order valence-electron chi connectivity index (χ3n) is 5.61. The van der Waals surface area contributed by atoms with Crippen molar-refractivity contribution in [2.45, 2.75) is 30.7 Å². The van der Waals surface area contributed by atoms with Gasteiger partial charge in [-0.05, 0) is 63.5 Å². The normalized spacial score (nSPS) is 16.3. The highest BCUT2D eigenvalue weighted by atomic mass is 32.2. The van der Waals surface area contributed by atoms with Crippen LogP contribution >= 0.6 is 0 Å². The SMILES string of the molecule is C=S(=O)(c1ccc(OCCn2c(=O)c(N3CCCCC3)c(N)n(C)c2=O)cc1)N(C)C. The van der Waals surface area contributed by atoms with E-state index in [0.717, 1.165) is 32.4 Å². The number of piperidine rings is 1. The topological polar surface area (TPSA) is 103 Å². The molecule has 1 atom stereocenters. The van der Waals surface area contributed by atoms with Crippen LogP contribution in [0.5, 0.6) is 5.75 Å². The van der Waals surface area contributed by atoms with Crippen LogP contribution in [-0.2, 0) is 23.3 Å². The molecule has 2 aromatic rings. The molecule has 0 bridgehead atoms. The van der Waals surface area contributed by atoms with Crippen molar-refractivity contribution in [3.8, 4) is 5.75 Å². The monoisotopic (exact) mass is 449 g/mol. The highest BCUT2D eigenvalue weighted by molar-refractivity contribution is 7.98. The van der Waals surface area contributed by atoms with E-state index in [4.69, 9.17) is 10.5 Å². The fourth-order valence-corrected chi connectivity index (χ4v) is 4.58. The maximum Gasteiger partial charge on any atom is 0.332 e. The Balaban J connectivity index is 1.77. The Kier molecular flexibility index (Phi) is 6.80. The van der Waals surface area contributed by atoms with Crippen molar-refractivity contribution in [1.29, 1.82) is 0 Å². The van der Waals surface area contributed by atoms with Gasteiger partial charge >= 0.3 is 5.69 Å². The highest BCUT2D eigenvalue weighted by Gasteiger charge is 2.22. The summed E-state index contributed by atoms with van der Waals surface area (Å²) in [7, 11) is 2.47. The zero-order valence-electron chi connectivity index (χ0n) is 18.4. The highest BCUT2D eigenvalue weighted by Crippen LogP contribution is 2.21. The second-order valence-electron chi connectivity index (χ2n) is 7.85. The fraction of sp³-hybridized carbons (Fsp3) is 0.476. The minimum atomic E-state index is -2.52. The molecular formula is C21H31N5O4S. The third-order valence-corrected chi connectivity index (χ3v) is 7.80. The summed E-state index contributed by atoms with van der Waals surface area (Å²) >= 11 is 0. The van der Waals surface area contributed by atoms with Gasteiger partial charge < -0.3 is 15.4 Å². The summed E-state index contributed by atoms with van der Waals surface area (Å²) in [5, 5.41) is 0. The van der Waals surface area contributed by atoms with Crippen LogP contribution in [0, 0.1) is 0 Å². The standard InChI is InChI=1S/C21H31N5O4S/c1-23(2)31(4,29)17-10-8-16(9-11-17)30-15-14-26-20(27)18(19(22)24(3)21(26)28)25-12-6-5-7-13-25/h8-11H,4-7,12-15,22H2,1-3H3. The molecule has 1 aliphatic heterocycles. The number of nitrogens with zero attached hydrogens (tertiary/aromatic N) is 4. The van der Waals surface area contributed by atoms with Crippen molar-refractivity contribution < 1.29 is 8.95 Å². The van der Waals surface area contributed by atoms with E-state index in [-0.39, 0.29) is 24.5 Å². The summed E-state index contributed by atoms with van der Waals surface area (Å²) in [6.45, 7) is 1.73. The average molecular weight is 450 g/mol. The summed E-state index contributed by atoms with van der Waals surface area (Å²) in [4.78, 5) is 28.3. The van der Waals surface area contributed by atoms with E-state index in [9.17, 15) is 13.8 Å². The van der Waals surface area contributed by atoms with Crippen LogP contribution in [0.3, 0.4) is 0 Å². The number of rotatable bonds is 7. The van der Waals surface area contributed by atoms with Gasteiger partial charge in [-0.15, -0.1) is 0 Å². The third kappa shape index (κ3) is 4.64. The van der Waals surface area contributed by atoms with Crippen LogP contribution in [0.25, 0.3) is 0 Å². The average Bonchev–Trinajstić information content (AvgIpc) is 2.76. The predicted octanol–water partition coefficient (Wildman–Crippen LogP) is 0.750. The molecule has 3 rings (SSSR count). The lowest BCUT2D eigenvalue weighted by atomic mass is 10.1. The second kappa shape index (κ2) is 9.19. The molecule has 10 heteroatoms. The van der Waals surface area contributed by atoms with Gasteiger partial charge in [0.1, 0.15) is 23.9 Å². The number of hydrogen-bond donors (Lipinski definition) is 1. The first-order valence-corrected chi connectivity index (χ1v) is 11.9. The van der Waals surface area contributed by atoms with Gasteiger partial charge in [-0.25, -0.2) is 13.3 Å². The lowest BCUT2D eigenvalue weighted by molar-refractivity contribution is 0.292. The maximum absolute atomic E-state index is 13.1. The summed E-state index contributed by atoms with van der Waals surface area (Å²) < 4.78 is 22.4. The van der Waals surface area contributed by atoms with E-state index in [1.807, 2.05) is 4.90 Å². The molecule has 1 unspecified atom stereocenters. The van der Waals surface area contributed by atoms with Crippen molar-refractivity contribution in [3.05, 3.63) is 45.1 Å². The van der Waals surface area contributed by atoms with Gasteiger partial charge in [0.15, 0.2) is 0 Å². The minimum absolute atomic E-state index is 0.0954. The molecule has 2 N–H and O–H groups in total. The summed E-state index contributed by atoms with van der Waals surface area (Å²) in [6, 6.07) is 6.81. The Bertz CT molecular complexity index is 1140. The second-order valence-corrected chi connectivity index (χ2v) is 10.3. The van der Waals surface area contributed by atoms with Crippen LogP contribution in [0.1, 0.15) is 19.3 Å². The summed E-state index contributed by atoms with van der Waals surface area (Å²) in [6.07, 6.45) is 3.11. The Morgan fingerprint density at radius 3 is 2.32 bits per heavy atom. The molecule has 2 heterocycles. The predicted molar refractivity (Wildman–Crippen MR) is 126 cm³/mol. The van der Waals surface area contributed by atoms with Gasteiger partial charge in [0.05, 0.1) is 16.3 Å². The van der Waals surface area contributed by atoms with Gasteiger partial charge in [-0.3, -0.25) is 13.9 Å². The lowest BCUT2D eigenvalue weighted by Gasteiger charge is -2.29. The zero-order chi connectivity index (χ0) is 22.8. The van der Waals surface area contributed by atoms with Crippen molar-refractivity contribution in [2.24, 2.45) is 7.05 Å². The molecule has 1 aromatic heterocycles. The Labute approximate surface area is 182 Å². The van der Waals surface area contributed by atoms with Crippen LogP contribution in [0.15, 0.2) is 38.8 Å². The molecule has 31 heavy (non-hydrogen) atoms. The van der Waals surface area contributed by atoms with Gasteiger partial charge in [0, 0.05) is 25.0 Å². The number of benzene rings is 1. The van der Waals surface area contributed by atoms with Crippen molar-refractivity contribution in [1.82, 2.24) is 13.4 Å². The molecule has 0 spiro atoms. The molecule has 170 valence electrons. The van der Waals surface area contributed by atoms with Crippen LogP contribution in [0.4, 0.5) is 11.5 Å². The Morgan fingerprint density at radius 1 is 1.13 bits per heavy atom. The fourth-order valence-electron chi connectivity index (χ4n) is 3.59. The van der Waals surface area contributed by atoms with Gasteiger partial charge in [-0.1, -0.05) is 0 Å². The van der Waals surface area contributed by atoms with Crippen LogP contribution in [-0.4, -0.2) is 57.3 Å². The van der Waals surface area contributed by atoms with Crippen molar-refractivity contribution in [3.63, 3.8) is 0 Å². The van der Waals surface area contributed by atoms with Gasteiger partial charge in [0.25, 0.3) is 5.56 Å². The maximum atomic E-state index is 13.1. The van der Waals surface area contributed by atoms with E-state index in [1.54, 1.807) is 49.7 Å². The first-order chi connectivity index (χ1) is 14.6. The van der Waals surface area contributed by atoms with Gasteiger partial charge in [-0.2, -0.15) is 0 Å². The lowest BCUT2D eigenvalue weighted by Crippen LogP contribution is -2.45. The van der Waals surface area contributed by atoms with E-state index < -0.39 is 15.4 Å². The summed E-state index contributed by atoms with van der Waals surface area (Å²) in [5.41, 5.74) is 5.66. The quantitative estimate of drug-likeness (QED) is 0.626. The number of hydrogen-bond acceptors (Lipinski definition) is 6. The van der Waals surface area contributed by atoms with Gasteiger partial charge in [0.2, 0.25) is 0 Å². The number of nitrogens with two attached hydrogens (primary N) is 1. The van der Waals surface area contributed by atoms with E-state index in [2.05, 4.69) is 5.87 Å². The molecule has 0 radical (unpaired) electrons. The molecular weight excluding hydrogens is 418 g/mol. The van der Waals surface area contributed by atoms with Crippen LogP contribution in [0.2, 0.25) is 0 Å². The van der Waals surface area contributed by atoms with Crippen LogP contribution < -0.4 is 26.6 Å². The zero-order valence-corrected chi connectivity index (χ0v) is 19.2. The molecule has 0 amide bonds. The minimum Gasteiger partial charge on any atom is -0.492 e. The van der Waals surface area contributed by atoms with E-state index in [1.165, 1.54) is 9.13 Å². The number of nitrogen functional groups attached to an aromatic ring is 1. The number of ether oxygens (including phenoxy) is 1. The molecule has 9 nitrogen and oxygen atoms in total. The number of aromatic nitrogens is 2. The Morgan fingerprint density at radius 2 is 1.74 bits per heavy atom. The molecule has 1 aliphatic rings. The molecule has 1 fully saturated rings. The Hall–Kier alpha value is -2.72. The molecule has 0 saturated carbocycles. The molecule has 0 aliphatic carbocycles. The van der Waals surface area contributed by atoms with E-state index >= 15 is 0 Å². The summed E-state index contributed by atoms with van der Waals surface area (Å²) in [5.74, 6) is 4.52. The largest absolute Gasteiger partial charge is 0.492 e. The smallest absolute Gasteiger partial charge is 0.332 e. The molecule has 1 aromatic carbocycles. The molecule has 1 saturated heterocycles. The first-order valence-electron chi connectivity index (χ1n) is 10.3. The van der Waals surface area contributed by atoms with E-state index in [0.29, 0.717) is 16.3 Å². The van der Waals surface area contributed by atoms with Crippen molar-refractivity contribution in [2.75, 3.05) is 44.4 Å².